The Kier molecular flexibility index (Phi) is 4.65. The summed E-state index contributed by atoms with van der Waals surface area (Å²) in [5.74, 6) is -2.06. The summed E-state index contributed by atoms with van der Waals surface area (Å²) in [6.07, 6.45) is 1.15. The molecule has 2 rings (SSSR count). The van der Waals surface area contributed by atoms with Gasteiger partial charge in [-0.15, -0.1) is 0 Å². The van der Waals surface area contributed by atoms with Crippen LogP contribution in [0.3, 0.4) is 0 Å². The van der Waals surface area contributed by atoms with Gasteiger partial charge < -0.3 is 20.0 Å². The average Bonchev–Trinajstić information content (AvgIpc) is 2.94. The van der Waals surface area contributed by atoms with Crippen molar-refractivity contribution in [2.75, 3.05) is 20.1 Å². The lowest BCUT2D eigenvalue weighted by molar-refractivity contribution is -0.145. The first-order valence-electron chi connectivity index (χ1n) is 6.97. The summed E-state index contributed by atoms with van der Waals surface area (Å²) in [4.78, 5) is 38.0. The Morgan fingerprint density at radius 2 is 2.00 bits per heavy atom. The third-order valence-electron chi connectivity index (χ3n) is 3.68. The predicted molar refractivity (Wildman–Crippen MR) is 77.4 cm³/mol. The van der Waals surface area contributed by atoms with E-state index in [0.717, 1.165) is 4.90 Å². The van der Waals surface area contributed by atoms with Crippen LogP contribution >= 0.6 is 0 Å². The van der Waals surface area contributed by atoms with Gasteiger partial charge in [-0.25, -0.2) is 0 Å². The van der Waals surface area contributed by atoms with Crippen LogP contribution < -0.4 is 0 Å². The van der Waals surface area contributed by atoms with Gasteiger partial charge in [0.2, 0.25) is 5.91 Å². The molecule has 0 aromatic heterocycles. The molecule has 1 aliphatic rings. The minimum Gasteiger partial charge on any atom is -0.507 e. The van der Waals surface area contributed by atoms with Crippen molar-refractivity contribution < 1.29 is 24.6 Å². The largest absolute Gasteiger partial charge is 0.507 e. The van der Waals surface area contributed by atoms with Crippen molar-refractivity contribution >= 4 is 17.8 Å². The number of benzene rings is 1. The number of carbonyl (C=O) groups excluding carboxylic acids is 2. The smallest absolute Gasteiger partial charge is 0.323 e. The number of aliphatic carboxylic acids is 1. The molecule has 118 valence electrons. The number of likely N-dealkylation sites (N-methyl/N-ethyl adjacent to an activating group) is 1. The molecule has 7 nitrogen and oxygen atoms in total. The molecule has 2 N–H and O–H groups in total. The van der Waals surface area contributed by atoms with E-state index in [1.807, 2.05) is 0 Å². The number of amides is 2. The third kappa shape index (κ3) is 3.19. The molecule has 22 heavy (non-hydrogen) atoms. The van der Waals surface area contributed by atoms with E-state index in [4.69, 9.17) is 5.11 Å². The quantitative estimate of drug-likeness (QED) is 0.846. The summed E-state index contributed by atoms with van der Waals surface area (Å²) in [6.45, 7) is -0.00155. The molecule has 0 saturated carbocycles. The van der Waals surface area contributed by atoms with Gasteiger partial charge in [0.05, 0.1) is 5.56 Å². The van der Waals surface area contributed by atoms with E-state index in [1.54, 1.807) is 12.1 Å². The first-order chi connectivity index (χ1) is 10.4. The normalized spacial score (nSPS) is 17.3. The highest BCUT2D eigenvalue weighted by atomic mass is 16.4. The third-order valence-corrected chi connectivity index (χ3v) is 3.68. The van der Waals surface area contributed by atoms with Crippen molar-refractivity contribution in [3.05, 3.63) is 29.8 Å². The molecule has 1 atom stereocenters. The van der Waals surface area contributed by atoms with Crippen LogP contribution in [0.25, 0.3) is 0 Å². The predicted octanol–water partition coefficient (Wildman–Crippen LogP) is 0.540. The van der Waals surface area contributed by atoms with Crippen molar-refractivity contribution in [3.63, 3.8) is 0 Å². The van der Waals surface area contributed by atoms with Crippen molar-refractivity contribution in [1.29, 1.82) is 0 Å². The van der Waals surface area contributed by atoms with Gasteiger partial charge in [-0.2, -0.15) is 0 Å². The van der Waals surface area contributed by atoms with Gasteiger partial charge >= 0.3 is 5.97 Å². The minimum absolute atomic E-state index is 0.135. The lowest BCUT2D eigenvalue weighted by Crippen LogP contribution is -2.47. The number of phenolic OH excluding ortho intramolecular Hbond substituents is 1. The zero-order chi connectivity index (χ0) is 16.3. The van der Waals surface area contributed by atoms with Gasteiger partial charge in [0.1, 0.15) is 18.3 Å². The number of likely N-dealkylation sites (tertiary alicyclic amines) is 1. The van der Waals surface area contributed by atoms with Crippen LogP contribution in [0.1, 0.15) is 23.2 Å². The van der Waals surface area contributed by atoms with Crippen LogP contribution in [0.5, 0.6) is 5.75 Å². The number of phenols is 1. The van der Waals surface area contributed by atoms with Crippen molar-refractivity contribution in [2.45, 2.75) is 18.9 Å². The number of hydrogen-bond acceptors (Lipinski definition) is 4. The highest BCUT2D eigenvalue weighted by Crippen LogP contribution is 2.25. The van der Waals surface area contributed by atoms with E-state index in [-0.39, 0.29) is 11.3 Å². The van der Waals surface area contributed by atoms with Crippen LogP contribution in [0.4, 0.5) is 0 Å². The Labute approximate surface area is 127 Å². The van der Waals surface area contributed by atoms with E-state index in [9.17, 15) is 19.5 Å². The molecule has 1 saturated heterocycles. The molecule has 7 heteroatoms. The second-order valence-corrected chi connectivity index (χ2v) is 5.26. The molecule has 0 aliphatic carbocycles. The van der Waals surface area contributed by atoms with Crippen LogP contribution in [0, 0.1) is 0 Å². The Morgan fingerprint density at radius 3 is 2.64 bits per heavy atom. The zero-order valence-corrected chi connectivity index (χ0v) is 12.2. The number of carbonyl (C=O) groups is 3. The molecule has 0 bridgehead atoms. The molecular weight excluding hydrogens is 288 g/mol. The topological polar surface area (TPSA) is 98.2 Å². The fourth-order valence-electron chi connectivity index (χ4n) is 2.61. The van der Waals surface area contributed by atoms with Gasteiger partial charge in [0.25, 0.3) is 5.91 Å². The molecule has 0 radical (unpaired) electrons. The molecule has 1 aliphatic heterocycles. The molecule has 1 unspecified atom stereocenters. The van der Waals surface area contributed by atoms with E-state index in [1.165, 1.54) is 24.1 Å². The zero-order valence-electron chi connectivity index (χ0n) is 12.2. The summed E-state index contributed by atoms with van der Waals surface area (Å²) in [6, 6.07) is 5.47. The number of nitrogens with zero attached hydrogens (tertiary/aromatic N) is 2. The van der Waals surface area contributed by atoms with Gasteiger partial charge in [0, 0.05) is 13.6 Å². The molecular formula is C15H18N2O5. The molecule has 1 fully saturated rings. The number of para-hydroxylation sites is 1. The second-order valence-electron chi connectivity index (χ2n) is 5.26. The molecule has 1 aromatic rings. The fourth-order valence-corrected chi connectivity index (χ4v) is 2.61. The van der Waals surface area contributed by atoms with Gasteiger partial charge in [-0.05, 0) is 25.0 Å². The van der Waals surface area contributed by atoms with Crippen molar-refractivity contribution in [1.82, 2.24) is 9.80 Å². The van der Waals surface area contributed by atoms with Gasteiger partial charge in [0.15, 0.2) is 0 Å². The number of carboxylic acids is 1. The lowest BCUT2D eigenvalue weighted by atomic mass is 10.1. The maximum atomic E-state index is 12.5. The van der Waals surface area contributed by atoms with E-state index in [2.05, 4.69) is 0 Å². The van der Waals surface area contributed by atoms with Crippen molar-refractivity contribution in [3.8, 4) is 5.75 Å². The Balaban J connectivity index is 2.17. The highest BCUT2D eigenvalue weighted by Gasteiger charge is 2.37. The van der Waals surface area contributed by atoms with E-state index in [0.29, 0.717) is 19.4 Å². The van der Waals surface area contributed by atoms with E-state index < -0.39 is 30.4 Å². The summed E-state index contributed by atoms with van der Waals surface area (Å²) in [7, 11) is 1.40. The lowest BCUT2D eigenvalue weighted by Gasteiger charge is -2.27. The maximum Gasteiger partial charge on any atom is 0.323 e. The summed E-state index contributed by atoms with van der Waals surface area (Å²) in [5, 5.41) is 18.5. The Morgan fingerprint density at radius 1 is 1.32 bits per heavy atom. The first kappa shape index (κ1) is 15.8. The SMILES string of the molecule is CN(CC(=O)O)C(=O)C1CCCN1C(=O)c1ccccc1O. The summed E-state index contributed by atoms with van der Waals surface area (Å²) >= 11 is 0. The number of rotatable bonds is 4. The summed E-state index contributed by atoms with van der Waals surface area (Å²) in [5.41, 5.74) is 0.142. The van der Waals surface area contributed by atoms with Crippen LogP contribution in [0.2, 0.25) is 0 Å². The van der Waals surface area contributed by atoms with Crippen molar-refractivity contribution in [2.24, 2.45) is 0 Å². The highest BCUT2D eigenvalue weighted by molar-refractivity contribution is 6.00. The summed E-state index contributed by atoms with van der Waals surface area (Å²) < 4.78 is 0. The first-order valence-corrected chi connectivity index (χ1v) is 6.97. The molecule has 0 spiro atoms. The standard InChI is InChI=1S/C15H18N2O5/c1-16(9-13(19)20)15(22)11-6-4-8-17(11)14(21)10-5-2-3-7-12(10)18/h2-3,5,7,11,18H,4,6,8-9H2,1H3,(H,19,20). The van der Waals surface area contributed by atoms with Crippen LogP contribution in [-0.4, -0.2) is 64.0 Å². The second kappa shape index (κ2) is 6.46. The number of carboxylic acid groups (broad SMARTS) is 1. The maximum absolute atomic E-state index is 12.5. The Hall–Kier alpha value is -2.57. The molecule has 1 heterocycles. The molecule has 2 amide bonds. The van der Waals surface area contributed by atoms with Crippen LogP contribution in [-0.2, 0) is 9.59 Å². The number of hydrogen-bond donors (Lipinski definition) is 2. The van der Waals surface area contributed by atoms with Crippen LogP contribution in [0.15, 0.2) is 24.3 Å². The van der Waals surface area contributed by atoms with Gasteiger partial charge in [-0.3, -0.25) is 14.4 Å². The monoisotopic (exact) mass is 306 g/mol. The minimum atomic E-state index is -1.10. The average molecular weight is 306 g/mol. The van der Waals surface area contributed by atoms with E-state index >= 15 is 0 Å². The van der Waals surface area contributed by atoms with Gasteiger partial charge in [-0.1, -0.05) is 12.1 Å². The number of aromatic hydroxyl groups is 1. The molecule has 1 aromatic carbocycles. The Bertz CT molecular complexity index is 601. The fraction of sp³-hybridized carbons (Fsp3) is 0.400.